The summed E-state index contributed by atoms with van der Waals surface area (Å²) >= 11 is 12.3. The van der Waals surface area contributed by atoms with Gasteiger partial charge in [-0.1, -0.05) is 77.8 Å². The first kappa shape index (κ1) is 94.9. The van der Waals surface area contributed by atoms with Gasteiger partial charge in [0.2, 0.25) is 23.8 Å². The van der Waals surface area contributed by atoms with Gasteiger partial charge in [-0.05, 0) is 207 Å². The van der Waals surface area contributed by atoms with Crippen LogP contribution in [0.15, 0.2) is 230 Å². The lowest BCUT2D eigenvalue weighted by Crippen LogP contribution is -2.18. The maximum Gasteiger partial charge on any atom is 0.573 e. The average Bonchev–Trinajstić information content (AvgIpc) is 1.77. The van der Waals surface area contributed by atoms with Crippen LogP contribution in [0.4, 0.5) is 94.2 Å². The van der Waals surface area contributed by atoms with Crippen molar-refractivity contribution in [3.8, 4) is 46.3 Å². The molecule has 7 N–H and O–H groups in total. The first-order valence-corrected chi connectivity index (χ1v) is 51.2. The van der Waals surface area contributed by atoms with E-state index in [0.29, 0.717) is 102 Å². The second-order valence-corrected chi connectivity index (χ2v) is 45.8. The van der Waals surface area contributed by atoms with Crippen molar-refractivity contribution < 1.29 is 68.3 Å². The number of nitriles is 1. The Labute approximate surface area is 742 Å². The summed E-state index contributed by atoms with van der Waals surface area (Å²) in [6.45, 7) is 16.9. The van der Waals surface area contributed by atoms with E-state index in [2.05, 4.69) is 76.8 Å². The van der Waals surface area contributed by atoms with Crippen LogP contribution in [-0.2, 0) is 28.1 Å². The maximum atomic E-state index is 13.0. The summed E-state index contributed by atoms with van der Waals surface area (Å²) in [5.41, 5.74) is 5.91. The maximum absolute atomic E-state index is 13.0. The quantitative estimate of drug-likeness (QED) is 0.0235. The highest BCUT2D eigenvalue weighted by Crippen LogP contribution is 2.44. The van der Waals surface area contributed by atoms with Crippen molar-refractivity contribution in [3.63, 3.8) is 0 Å². The number of methoxy groups -OCH3 is 5. The Balaban J connectivity index is 0.000000165. The molecule has 0 radical (unpaired) electrons. The summed E-state index contributed by atoms with van der Waals surface area (Å²) < 4.78 is 147. The normalized spacial score (nSPS) is 11.6. The van der Waals surface area contributed by atoms with E-state index in [1.165, 1.54) is 31.6 Å². The fourth-order valence-corrected chi connectivity index (χ4v) is 17.0. The number of hydrogen-bond donors (Lipinski definition) is 7. The number of ether oxygens (including phenoxy) is 6. The van der Waals surface area contributed by atoms with Crippen molar-refractivity contribution in [2.45, 2.75) is 30.4 Å². The Bertz CT molecular complexity index is 6740. The van der Waals surface area contributed by atoms with Gasteiger partial charge in [0.05, 0.1) is 115 Å². The SMILES string of the molecule is COc1cc(P(C)(C)=O)ccc1Nc1nc(Nc2ccccc2S(=O)(=O)C(C)C)c2ccccc2n1.COc1cc(P(C)(C)=O)ccc1Nc1ncc(Cl)c(Nc2ccc(C#N)cc2OC(F)(F)F)n1.COc1cc(P(C)(C)=O)ccc1Nc1ncc(Cl)c(Nc2ccccc2)n1.COc1cc(P(C)(C)=O)ccc1Nc1ncc2ccn(-c3ccccc3OC)c2n1. The van der Waals surface area contributed by atoms with Crippen LogP contribution in [-0.4, -0.2) is 153 Å². The van der Waals surface area contributed by atoms with Crippen LogP contribution in [0.2, 0.25) is 10.0 Å². The summed E-state index contributed by atoms with van der Waals surface area (Å²) in [6.07, 6.45) is 1.51. The van der Waals surface area contributed by atoms with Crippen molar-refractivity contribution in [2.24, 2.45) is 0 Å². The van der Waals surface area contributed by atoms with Crippen molar-refractivity contribution in [1.82, 2.24) is 44.4 Å². The zero-order valence-electron chi connectivity index (χ0n) is 71.4. The molecule has 5 heterocycles. The number of sulfone groups is 1. The molecule has 29 nitrogen and oxygen atoms in total. The third-order valence-corrected chi connectivity index (χ3v) is 27.6. The summed E-state index contributed by atoms with van der Waals surface area (Å²) in [6, 6.07) is 59.9. The fraction of sp³-hybridized carbons (Fsp3) is 0.193. The first-order chi connectivity index (χ1) is 60.2. The highest BCUT2D eigenvalue weighted by Gasteiger charge is 2.33. The highest BCUT2D eigenvalue weighted by atomic mass is 35.5. The van der Waals surface area contributed by atoms with E-state index in [0.717, 1.165) is 50.2 Å². The van der Waals surface area contributed by atoms with Crippen molar-refractivity contribution in [3.05, 3.63) is 241 Å². The predicted molar refractivity (Wildman–Crippen MR) is 503 cm³/mol. The van der Waals surface area contributed by atoms with Gasteiger partial charge >= 0.3 is 6.36 Å². The van der Waals surface area contributed by atoms with E-state index in [9.17, 15) is 39.8 Å². The predicted octanol–water partition coefficient (Wildman–Crippen LogP) is 20.5. The number of halogens is 5. The van der Waals surface area contributed by atoms with Gasteiger partial charge < -0.3 is 83.9 Å². The summed E-state index contributed by atoms with van der Waals surface area (Å²) in [5, 5.41) is 34.8. The molecule has 0 unspecified atom stereocenters. The molecular formula is C88H90Cl2F3N17O12P4S. The zero-order valence-corrected chi connectivity index (χ0v) is 77.3. The number of aromatic nitrogens is 9. The van der Waals surface area contributed by atoms with Gasteiger partial charge in [0.15, 0.2) is 27.2 Å². The van der Waals surface area contributed by atoms with Gasteiger partial charge in [-0.3, -0.25) is 4.57 Å². The molecule has 0 amide bonds. The van der Waals surface area contributed by atoms with Gasteiger partial charge in [-0.25, -0.2) is 28.4 Å². The largest absolute Gasteiger partial charge is 0.573 e. The second-order valence-electron chi connectivity index (χ2n) is 29.7. The topological polar surface area (TPSA) is 374 Å². The third-order valence-electron chi connectivity index (χ3n) is 18.8. The molecule has 9 aromatic carbocycles. The fourth-order valence-electron chi connectivity index (χ4n) is 12.1. The molecule has 0 atom stereocenters. The molecule has 660 valence electrons. The summed E-state index contributed by atoms with van der Waals surface area (Å²) in [5.74, 6) is 4.24. The molecule has 39 heteroatoms. The Morgan fingerprint density at radius 2 is 0.835 bits per heavy atom. The minimum absolute atomic E-state index is 0.0156. The van der Waals surface area contributed by atoms with Gasteiger partial charge in [0, 0.05) is 56.1 Å². The minimum atomic E-state index is -4.98. The minimum Gasteiger partial charge on any atom is -0.495 e. The van der Waals surface area contributed by atoms with Crippen LogP contribution in [0.5, 0.6) is 34.5 Å². The van der Waals surface area contributed by atoms with Crippen LogP contribution in [0.1, 0.15) is 19.4 Å². The van der Waals surface area contributed by atoms with Crippen molar-refractivity contribution in [2.75, 3.05) is 126 Å². The number of fused-ring (bicyclic) bond motifs is 2. The van der Waals surface area contributed by atoms with E-state index in [1.807, 2.05) is 114 Å². The summed E-state index contributed by atoms with van der Waals surface area (Å²) in [7, 11) is -5.50. The molecule has 0 aliphatic heterocycles. The number of alkyl halides is 3. The van der Waals surface area contributed by atoms with E-state index in [1.54, 1.807) is 187 Å². The second kappa shape index (κ2) is 40.7. The first-order valence-electron chi connectivity index (χ1n) is 38.5. The molecule has 0 fully saturated rings. The van der Waals surface area contributed by atoms with Crippen molar-refractivity contribution in [1.29, 1.82) is 5.26 Å². The lowest BCUT2D eigenvalue weighted by atomic mass is 10.2. The summed E-state index contributed by atoms with van der Waals surface area (Å²) in [4.78, 5) is 35.6. The molecule has 0 aliphatic carbocycles. The molecule has 5 aromatic heterocycles. The number of benzene rings is 9. The third kappa shape index (κ3) is 24.7. The van der Waals surface area contributed by atoms with Gasteiger partial charge in [-0.15, -0.1) is 13.2 Å². The van der Waals surface area contributed by atoms with Crippen LogP contribution in [0.25, 0.3) is 27.6 Å². The number of anilines is 14. The lowest BCUT2D eigenvalue weighted by molar-refractivity contribution is -0.274. The average molecular weight is 1860 g/mol. The van der Waals surface area contributed by atoms with Crippen LogP contribution in [0, 0.1) is 11.3 Å². The Morgan fingerprint density at radius 3 is 1.31 bits per heavy atom. The Morgan fingerprint density at radius 1 is 0.425 bits per heavy atom. The number of hydrogen-bond acceptors (Lipinski definition) is 28. The van der Waals surface area contributed by atoms with Crippen LogP contribution in [0.3, 0.4) is 0 Å². The standard InChI is InChI=1S/C26H29N4O4PS.C22H23N4O3P.C21H18ClF3N5O3P.C19H20ClN4O2P/c1-17(2)36(32,33)24-13-9-8-12-22(24)27-25-19-10-6-7-11-20(19)28-26(30-25)29-21-15-14-18(35(4,5)31)16-23(21)34-3;1-28-19-8-6-5-7-18(19)26-12-11-15-14-23-22(25-21(15)26)24-17-10-9-16(30(3,4)27)13-20(17)29-2;1-32-17-9-13(34(2,3)31)5-7-15(17)29-20-27-11-14(22)19(30-20)28-16-6-4-12(10-26)8-18(16)33-21(23,24)25;1-26-17-11-14(27(2,3)25)9-10-16(17)23-19-21-12-15(20)18(24-19)22-13-7-5-4-6-8-13/h6-17H,1-5H3,(H2,27,28,29,30);5-14H,1-4H3,(H,23,24,25);4-9,11H,1-3H3,(H2,27,28,29,30);4-12H,1-3H3,(H2,21,22,23,24). The molecular weight excluding hydrogens is 1770 g/mol. The van der Waals surface area contributed by atoms with Crippen molar-refractivity contribution >= 4 is 186 Å². The van der Waals surface area contributed by atoms with E-state index < -0.39 is 55.8 Å². The monoisotopic (exact) mass is 1860 g/mol. The number of para-hydroxylation sites is 5. The molecule has 0 saturated carbocycles. The number of rotatable bonds is 27. The molecule has 14 rings (SSSR count). The Hall–Kier alpha value is -12.8. The van der Waals surface area contributed by atoms with E-state index in [-0.39, 0.29) is 32.9 Å². The molecule has 127 heavy (non-hydrogen) atoms. The van der Waals surface area contributed by atoms with Gasteiger partial charge in [0.1, 0.15) is 78.8 Å². The smallest absolute Gasteiger partial charge is 0.495 e. The van der Waals surface area contributed by atoms with Crippen LogP contribution >= 0.6 is 51.8 Å². The highest BCUT2D eigenvalue weighted by molar-refractivity contribution is 7.92. The van der Waals surface area contributed by atoms with E-state index >= 15 is 0 Å². The molecule has 0 saturated heterocycles. The molecule has 0 bridgehead atoms. The lowest BCUT2D eigenvalue weighted by Gasteiger charge is -2.17. The zero-order chi connectivity index (χ0) is 91.9. The molecule has 0 spiro atoms. The van der Waals surface area contributed by atoms with Gasteiger partial charge in [0.25, 0.3) is 0 Å². The molecule has 0 aliphatic rings. The number of nitrogens with one attached hydrogen (secondary N) is 7. The molecule has 14 aromatic rings. The van der Waals surface area contributed by atoms with Gasteiger partial charge in [-0.2, -0.15) is 25.2 Å². The number of nitrogens with zero attached hydrogens (tertiary/aromatic N) is 10. The van der Waals surface area contributed by atoms with Crippen LogP contribution < -0.4 is 86.9 Å². The Kier molecular flexibility index (Phi) is 30.4. The van der Waals surface area contributed by atoms with E-state index in [4.69, 9.17) is 57.1 Å².